The predicted octanol–water partition coefficient (Wildman–Crippen LogP) is 4.78. The van der Waals surface area contributed by atoms with Crippen molar-refractivity contribution in [2.24, 2.45) is 0 Å². The minimum absolute atomic E-state index is 0.265. The monoisotopic (exact) mass is 440 g/mol. The molecule has 6 nitrogen and oxygen atoms in total. The Morgan fingerprint density at radius 2 is 1.47 bits per heavy atom. The van der Waals surface area contributed by atoms with Crippen LogP contribution in [0, 0.1) is 5.82 Å². The highest BCUT2D eigenvalue weighted by Crippen LogP contribution is 2.14. The molecule has 4 rings (SSSR count). The molecule has 30 heavy (non-hydrogen) atoms. The van der Waals surface area contributed by atoms with E-state index in [9.17, 15) is 4.39 Å². The van der Waals surface area contributed by atoms with Crippen molar-refractivity contribution >= 4 is 40.3 Å². The minimum atomic E-state index is -0.265. The van der Waals surface area contributed by atoms with Crippen LogP contribution in [0.2, 0.25) is 5.02 Å². The Bertz CT molecular complexity index is 1080. The summed E-state index contributed by atoms with van der Waals surface area (Å²) in [6.07, 6.45) is 7.03. The molecule has 4 aromatic rings. The molecule has 0 spiro atoms. The van der Waals surface area contributed by atoms with Gasteiger partial charge >= 0.3 is 0 Å². The second-order valence-electron chi connectivity index (χ2n) is 6.69. The molecule has 0 saturated carbocycles. The van der Waals surface area contributed by atoms with Gasteiger partial charge < -0.3 is 10.6 Å². The van der Waals surface area contributed by atoms with Gasteiger partial charge in [0.15, 0.2) is 5.11 Å². The number of rotatable bonds is 6. The summed E-state index contributed by atoms with van der Waals surface area (Å²) < 4.78 is 16.8. The molecule has 0 aliphatic heterocycles. The molecule has 9 heteroatoms. The number of hydrogen-bond acceptors (Lipinski definition) is 3. The van der Waals surface area contributed by atoms with E-state index in [1.165, 1.54) is 12.1 Å². The van der Waals surface area contributed by atoms with Crippen LogP contribution < -0.4 is 10.6 Å². The highest BCUT2D eigenvalue weighted by Gasteiger charge is 2.06. The van der Waals surface area contributed by atoms with Gasteiger partial charge in [0.25, 0.3) is 0 Å². The van der Waals surface area contributed by atoms with Gasteiger partial charge in [0.2, 0.25) is 0 Å². The van der Waals surface area contributed by atoms with Crippen LogP contribution >= 0.6 is 23.8 Å². The van der Waals surface area contributed by atoms with Gasteiger partial charge in [-0.1, -0.05) is 35.9 Å². The van der Waals surface area contributed by atoms with Crippen LogP contribution in [0.15, 0.2) is 73.3 Å². The number of thiocarbonyl (C=S) groups is 1. The first-order valence-electron chi connectivity index (χ1n) is 9.15. The molecule has 0 atom stereocenters. The van der Waals surface area contributed by atoms with Crippen molar-refractivity contribution in [2.45, 2.75) is 13.1 Å². The summed E-state index contributed by atoms with van der Waals surface area (Å²) in [7, 11) is 0. The highest BCUT2D eigenvalue weighted by atomic mass is 35.5. The van der Waals surface area contributed by atoms with E-state index in [2.05, 4.69) is 20.8 Å². The SMILES string of the molecule is Fc1cccc(Cn2cc(NC(=S)Nc3cnn(Cc4cccc(Cl)c4)c3)cn2)c1. The van der Waals surface area contributed by atoms with Crippen molar-refractivity contribution in [3.8, 4) is 0 Å². The van der Waals surface area contributed by atoms with E-state index in [1.807, 2.05) is 36.5 Å². The fourth-order valence-corrected chi connectivity index (χ4v) is 3.42. The van der Waals surface area contributed by atoms with Gasteiger partial charge in [0.05, 0.1) is 36.9 Å². The van der Waals surface area contributed by atoms with Gasteiger partial charge in [0.1, 0.15) is 5.82 Å². The summed E-state index contributed by atoms with van der Waals surface area (Å²) in [5, 5.41) is 15.9. The lowest BCUT2D eigenvalue weighted by Crippen LogP contribution is -2.18. The summed E-state index contributed by atoms with van der Waals surface area (Å²) in [6.45, 7) is 1.07. The maximum absolute atomic E-state index is 13.3. The zero-order valence-electron chi connectivity index (χ0n) is 15.8. The number of anilines is 2. The quantitative estimate of drug-likeness (QED) is 0.423. The van der Waals surface area contributed by atoms with Crippen molar-refractivity contribution in [2.75, 3.05) is 10.6 Å². The lowest BCUT2D eigenvalue weighted by molar-refractivity contribution is 0.619. The molecular formula is C21H18ClFN6S. The summed E-state index contributed by atoms with van der Waals surface area (Å²) in [4.78, 5) is 0. The molecule has 0 aliphatic carbocycles. The van der Waals surface area contributed by atoms with E-state index < -0.39 is 0 Å². The van der Waals surface area contributed by atoms with Gasteiger partial charge in [-0.15, -0.1) is 0 Å². The number of benzene rings is 2. The van der Waals surface area contributed by atoms with Gasteiger partial charge in [-0.3, -0.25) is 9.36 Å². The lowest BCUT2D eigenvalue weighted by Gasteiger charge is -2.06. The molecule has 0 aliphatic rings. The summed E-state index contributed by atoms with van der Waals surface area (Å²) in [5.41, 5.74) is 3.39. The zero-order chi connectivity index (χ0) is 20.9. The Labute approximate surface area is 183 Å². The van der Waals surface area contributed by atoms with Crippen LogP contribution in [0.1, 0.15) is 11.1 Å². The van der Waals surface area contributed by atoms with Crippen molar-refractivity contribution < 1.29 is 4.39 Å². The number of nitrogens with zero attached hydrogens (tertiary/aromatic N) is 4. The van der Waals surface area contributed by atoms with Crippen LogP contribution in [0.25, 0.3) is 0 Å². The Morgan fingerprint density at radius 1 is 0.900 bits per heavy atom. The summed E-state index contributed by atoms with van der Waals surface area (Å²) >= 11 is 11.4. The fraction of sp³-hybridized carbons (Fsp3) is 0.0952. The number of halogens is 2. The third kappa shape index (κ3) is 5.43. The van der Waals surface area contributed by atoms with E-state index in [0.717, 1.165) is 22.5 Å². The van der Waals surface area contributed by atoms with Crippen LogP contribution in [0.5, 0.6) is 0 Å². The van der Waals surface area contributed by atoms with Gasteiger partial charge in [-0.05, 0) is 47.6 Å². The first-order valence-corrected chi connectivity index (χ1v) is 9.94. The molecule has 2 aromatic heterocycles. The Kier molecular flexibility index (Phi) is 6.06. The average Bonchev–Trinajstić information content (AvgIpc) is 3.31. The van der Waals surface area contributed by atoms with E-state index in [0.29, 0.717) is 23.2 Å². The van der Waals surface area contributed by atoms with Crippen LogP contribution in [0.4, 0.5) is 15.8 Å². The number of nitrogens with one attached hydrogen (secondary N) is 2. The molecule has 2 aromatic carbocycles. The molecule has 0 saturated heterocycles. The van der Waals surface area contributed by atoms with E-state index >= 15 is 0 Å². The van der Waals surface area contributed by atoms with Crippen LogP contribution in [-0.2, 0) is 13.1 Å². The smallest absolute Gasteiger partial charge is 0.175 e. The number of aromatic nitrogens is 4. The maximum atomic E-state index is 13.3. The van der Waals surface area contributed by atoms with Gasteiger partial charge in [0, 0.05) is 17.4 Å². The Hall–Kier alpha value is -3.23. The van der Waals surface area contributed by atoms with Gasteiger partial charge in [-0.25, -0.2) is 4.39 Å². The normalized spacial score (nSPS) is 10.7. The van der Waals surface area contributed by atoms with E-state index in [-0.39, 0.29) is 5.82 Å². The zero-order valence-corrected chi connectivity index (χ0v) is 17.4. The molecule has 2 N–H and O–H groups in total. The lowest BCUT2D eigenvalue weighted by atomic mass is 10.2. The van der Waals surface area contributed by atoms with Crippen molar-refractivity contribution in [1.29, 1.82) is 0 Å². The van der Waals surface area contributed by atoms with Crippen molar-refractivity contribution in [3.63, 3.8) is 0 Å². The third-order valence-corrected chi connectivity index (χ3v) is 4.69. The van der Waals surface area contributed by atoms with Crippen molar-refractivity contribution in [1.82, 2.24) is 19.6 Å². The van der Waals surface area contributed by atoms with Crippen LogP contribution in [0.3, 0.4) is 0 Å². The standard InChI is InChI=1S/C21H18ClFN6S/c22-17-5-1-3-15(7-17)11-28-13-19(9-24-28)26-21(30)27-20-10-25-29(14-20)12-16-4-2-6-18(23)8-16/h1-10,13-14H,11-12H2,(H2,26,27,30). The summed E-state index contributed by atoms with van der Waals surface area (Å²) in [5.74, 6) is -0.265. The minimum Gasteiger partial charge on any atom is -0.330 e. The molecule has 0 radical (unpaired) electrons. The molecular weight excluding hydrogens is 423 g/mol. The first kappa shape index (κ1) is 20.1. The second kappa shape index (κ2) is 9.06. The van der Waals surface area contributed by atoms with Gasteiger partial charge in [-0.2, -0.15) is 10.2 Å². The maximum Gasteiger partial charge on any atom is 0.175 e. The molecule has 0 amide bonds. The second-order valence-corrected chi connectivity index (χ2v) is 7.54. The molecule has 152 valence electrons. The predicted molar refractivity (Wildman–Crippen MR) is 120 cm³/mol. The highest BCUT2D eigenvalue weighted by molar-refractivity contribution is 7.80. The van der Waals surface area contributed by atoms with E-state index in [4.69, 9.17) is 23.8 Å². The van der Waals surface area contributed by atoms with E-state index in [1.54, 1.807) is 34.0 Å². The fourth-order valence-electron chi connectivity index (χ4n) is 2.97. The Morgan fingerprint density at radius 3 is 2.03 bits per heavy atom. The average molecular weight is 441 g/mol. The molecule has 0 fully saturated rings. The topological polar surface area (TPSA) is 59.7 Å². The molecule has 2 heterocycles. The largest absolute Gasteiger partial charge is 0.330 e. The molecule has 0 unspecified atom stereocenters. The first-order chi connectivity index (χ1) is 14.5. The molecule has 0 bridgehead atoms. The number of hydrogen-bond donors (Lipinski definition) is 2. The summed E-state index contributed by atoms with van der Waals surface area (Å²) in [6, 6.07) is 14.1. The van der Waals surface area contributed by atoms with Crippen molar-refractivity contribution in [3.05, 3.63) is 95.3 Å². The third-order valence-electron chi connectivity index (χ3n) is 4.25. The van der Waals surface area contributed by atoms with Crippen LogP contribution in [-0.4, -0.2) is 24.7 Å². The Balaban J connectivity index is 1.32.